The van der Waals surface area contributed by atoms with Crippen LogP contribution >= 0.6 is 0 Å². The lowest BCUT2D eigenvalue weighted by molar-refractivity contribution is -0.169. The molecule has 0 amide bonds. The number of aliphatic hydroxyl groups is 2. The van der Waals surface area contributed by atoms with E-state index >= 15 is 0 Å². The van der Waals surface area contributed by atoms with Gasteiger partial charge in [-0.15, -0.1) is 0 Å². The fourth-order valence-corrected chi connectivity index (χ4v) is 3.54. The van der Waals surface area contributed by atoms with Gasteiger partial charge in [0.15, 0.2) is 0 Å². The van der Waals surface area contributed by atoms with Crippen LogP contribution in [0.2, 0.25) is 0 Å². The van der Waals surface area contributed by atoms with Crippen molar-refractivity contribution in [3.63, 3.8) is 0 Å². The molecule has 0 aliphatic heterocycles. The van der Waals surface area contributed by atoms with Crippen LogP contribution in [0.5, 0.6) is 0 Å². The number of aliphatic hydroxyl groups excluding tert-OH is 2. The number of hydrogen-bond acceptors (Lipinski definition) is 6. The smallest absolute Gasteiger partial charge is 0.312 e. The minimum Gasteiger partial charge on any atom is -0.463 e. The molecule has 0 aliphatic rings. The fourth-order valence-electron chi connectivity index (χ4n) is 3.54. The van der Waals surface area contributed by atoms with Crippen LogP contribution in [0.15, 0.2) is 60.7 Å². The number of rotatable bonds is 11. The molecule has 0 radical (unpaired) electrons. The van der Waals surface area contributed by atoms with E-state index in [2.05, 4.69) is 0 Å². The first-order valence-electron chi connectivity index (χ1n) is 11.0. The lowest BCUT2D eigenvalue weighted by atomic mass is 9.83. The minimum absolute atomic E-state index is 0.169. The van der Waals surface area contributed by atoms with Crippen molar-refractivity contribution in [2.24, 2.45) is 11.8 Å². The van der Waals surface area contributed by atoms with E-state index < -0.39 is 36.0 Å². The SMILES string of the molecule is CC(C)OC(=O)[C@H](Cc1ccccc1)[C@H](O)[C@@H](O)[C@@H](Cc1ccccc1)C(=O)OC(C)C. The average Bonchev–Trinajstić information content (AvgIpc) is 2.75. The van der Waals surface area contributed by atoms with Crippen LogP contribution in [-0.4, -0.2) is 46.6 Å². The highest BCUT2D eigenvalue weighted by Crippen LogP contribution is 2.25. The van der Waals surface area contributed by atoms with Crippen molar-refractivity contribution in [1.29, 1.82) is 0 Å². The van der Waals surface area contributed by atoms with Gasteiger partial charge >= 0.3 is 11.9 Å². The van der Waals surface area contributed by atoms with Crippen molar-refractivity contribution in [3.8, 4) is 0 Å². The van der Waals surface area contributed by atoms with E-state index in [4.69, 9.17) is 9.47 Å². The number of esters is 2. The molecule has 32 heavy (non-hydrogen) atoms. The van der Waals surface area contributed by atoms with Gasteiger partial charge in [-0.1, -0.05) is 60.7 Å². The van der Waals surface area contributed by atoms with Gasteiger partial charge in [-0.25, -0.2) is 0 Å². The first-order chi connectivity index (χ1) is 15.2. The third-order valence-electron chi connectivity index (χ3n) is 5.08. The molecule has 2 rings (SSSR count). The van der Waals surface area contributed by atoms with Crippen LogP contribution in [-0.2, 0) is 31.9 Å². The first kappa shape index (κ1) is 25.6. The number of hydrogen-bond donors (Lipinski definition) is 2. The largest absolute Gasteiger partial charge is 0.463 e. The molecule has 0 spiro atoms. The Hall–Kier alpha value is -2.70. The summed E-state index contributed by atoms with van der Waals surface area (Å²) in [5.41, 5.74) is 1.63. The highest BCUT2D eigenvalue weighted by atomic mass is 16.5. The summed E-state index contributed by atoms with van der Waals surface area (Å²) in [6.07, 6.45) is -3.46. The minimum atomic E-state index is -1.52. The molecule has 2 N–H and O–H groups in total. The highest BCUT2D eigenvalue weighted by molar-refractivity contribution is 5.76. The average molecular weight is 443 g/mol. The van der Waals surface area contributed by atoms with E-state index in [-0.39, 0.29) is 25.0 Å². The number of carbonyl (C=O) groups is 2. The number of benzene rings is 2. The second kappa shape index (κ2) is 12.4. The van der Waals surface area contributed by atoms with Gasteiger partial charge in [-0.05, 0) is 51.7 Å². The summed E-state index contributed by atoms with van der Waals surface area (Å²) < 4.78 is 10.7. The molecular formula is C26H34O6. The Morgan fingerprint density at radius 3 is 1.25 bits per heavy atom. The standard InChI is InChI=1S/C26H34O6/c1-17(2)31-25(29)21(15-19-11-7-5-8-12-19)23(27)24(28)22(26(30)32-18(3)4)16-20-13-9-6-10-14-20/h5-14,17-18,21-24,27-28H,15-16H2,1-4H3/t21-,22-,23+,24+/m1/s1. The fraction of sp³-hybridized carbons (Fsp3) is 0.462. The zero-order valence-corrected chi connectivity index (χ0v) is 19.2. The van der Waals surface area contributed by atoms with Gasteiger partial charge in [0.05, 0.1) is 36.3 Å². The summed E-state index contributed by atoms with van der Waals surface area (Å²) >= 11 is 0. The molecule has 0 fully saturated rings. The lowest BCUT2D eigenvalue weighted by Crippen LogP contribution is -2.47. The van der Waals surface area contributed by atoms with Crippen molar-refractivity contribution in [2.75, 3.05) is 0 Å². The van der Waals surface area contributed by atoms with E-state index in [0.717, 1.165) is 11.1 Å². The molecule has 6 heteroatoms. The first-order valence-corrected chi connectivity index (χ1v) is 11.0. The summed E-state index contributed by atoms with van der Waals surface area (Å²) in [5.74, 6) is -3.32. The molecule has 0 aromatic heterocycles. The maximum atomic E-state index is 12.8. The van der Waals surface area contributed by atoms with E-state index in [1.807, 2.05) is 60.7 Å². The molecule has 174 valence electrons. The summed E-state index contributed by atoms with van der Waals surface area (Å²) in [5, 5.41) is 22.2. The van der Waals surface area contributed by atoms with Gasteiger partial charge in [-0.3, -0.25) is 9.59 Å². The van der Waals surface area contributed by atoms with Gasteiger partial charge in [0.2, 0.25) is 0 Å². The summed E-state index contributed by atoms with van der Waals surface area (Å²) in [6.45, 7) is 6.88. The molecule has 0 heterocycles. The Bertz CT molecular complexity index is 762. The van der Waals surface area contributed by atoms with Crippen LogP contribution in [0.1, 0.15) is 38.8 Å². The topological polar surface area (TPSA) is 93.1 Å². The molecule has 0 unspecified atom stereocenters. The van der Waals surface area contributed by atoms with E-state index in [1.165, 1.54) is 0 Å². The molecule has 2 aromatic carbocycles. The maximum absolute atomic E-state index is 12.8. The van der Waals surface area contributed by atoms with Crippen LogP contribution in [0.3, 0.4) is 0 Å². The summed E-state index contributed by atoms with van der Waals surface area (Å²) in [6, 6.07) is 18.4. The van der Waals surface area contributed by atoms with Gasteiger partial charge < -0.3 is 19.7 Å². The molecule has 2 aromatic rings. The van der Waals surface area contributed by atoms with Crippen LogP contribution in [0.25, 0.3) is 0 Å². The van der Waals surface area contributed by atoms with Gasteiger partial charge in [0.1, 0.15) is 0 Å². The normalized spacial score (nSPS) is 15.1. The van der Waals surface area contributed by atoms with Crippen molar-refractivity contribution in [1.82, 2.24) is 0 Å². The zero-order chi connectivity index (χ0) is 23.7. The van der Waals surface area contributed by atoms with Gasteiger partial charge in [-0.2, -0.15) is 0 Å². The van der Waals surface area contributed by atoms with E-state index in [1.54, 1.807) is 27.7 Å². The summed E-state index contributed by atoms with van der Waals surface area (Å²) in [4.78, 5) is 25.6. The van der Waals surface area contributed by atoms with Crippen LogP contribution in [0, 0.1) is 11.8 Å². The number of ether oxygens (including phenoxy) is 2. The van der Waals surface area contributed by atoms with Crippen LogP contribution < -0.4 is 0 Å². The van der Waals surface area contributed by atoms with Crippen molar-refractivity contribution in [2.45, 2.75) is 65.0 Å². The molecule has 6 nitrogen and oxygen atoms in total. The third kappa shape index (κ3) is 7.77. The second-order valence-electron chi connectivity index (χ2n) is 8.54. The van der Waals surface area contributed by atoms with E-state index in [9.17, 15) is 19.8 Å². The van der Waals surface area contributed by atoms with Gasteiger partial charge in [0, 0.05) is 0 Å². The molecule has 0 saturated heterocycles. The third-order valence-corrected chi connectivity index (χ3v) is 5.08. The van der Waals surface area contributed by atoms with Crippen molar-refractivity contribution < 1.29 is 29.3 Å². The quantitative estimate of drug-likeness (QED) is 0.519. The Labute approximate surface area is 190 Å². The Morgan fingerprint density at radius 1 is 0.656 bits per heavy atom. The second-order valence-corrected chi connectivity index (χ2v) is 8.54. The molecule has 0 bridgehead atoms. The number of carbonyl (C=O) groups excluding carboxylic acids is 2. The molecule has 4 atom stereocenters. The Kier molecular flexibility index (Phi) is 9.88. The van der Waals surface area contributed by atoms with Crippen molar-refractivity contribution >= 4 is 11.9 Å². The van der Waals surface area contributed by atoms with Crippen molar-refractivity contribution in [3.05, 3.63) is 71.8 Å². The predicted octanol–water partition coefficient (Wildman–Crippen LogP) is 3.33. The van der Waals surface area contributed by atoms with E-state index in [0.29, 0.717) is 0 Å². The molecule has 0 aliphatic carbocycles. The predicted molar refractivity (Wildman–Crippen MR) is 122 cm³/mol. The lowest BCUT2D eigenvalue weighted by Gasteiger charge is -2.31. The van der Waals surface area contributed by atoms with Gasteiger partial charge in [0.25, 0.3) is 0 Å². The molecule has 0 saturated carbocycles. The highest BCUT2D eigenvalue weighted by Gasteiger charge is 2.41. The monoisotopic (exact) mass is 442 g/mol. The molecular weight excluding hydrogens is 408 g/mol. The Balaban J connectivity index is 2.31. The zero-order valence-electron chi connectivity index (χ0n) is 19.2. The summed E-state index contributed by atoms with van der Waals surface area (Å²) in [7, 11) is 0. The maximum Gasteiger partial charge on any atom is 0.312 e. The van der Waals surface area contributed by atoms with Crippen LogP contribution in [0.4, 0.5) is 0 Å². The Morgan fingerprint density at radius 2 is 0.969 bits per heavy atom.